The molecule has 0 radical (unpaired) electrons. The average molecular weight is 595 g/mol. The second-order valence-electron chi connectivity index (χ2n) is 11.3. The van der Waals surface area contributed by atoms with Gasteiger partial charge in [0.1, 0.15) is 17.9 Å². The van der Waals surface area contributed by atoms with Gasteiger partial charge in [-0.05, 0) is 34.7 Å². The van der Waals surface area contributed by atoms with E-state index in [1.165, 1.54) is 9.80 Å². The number of fused-ring (bicyclic) bond motifs is 1. The molecule has 0 aliphatic carbocycles. The van der Waals surface area contributed by atoms with Gasteiger partial charge in [-0.15, -0.1) is 0 Å². The fourth-order valence-electron chi connectivity index (χ4n) is 6.51. The van der Waals surface area contributed by atoms with Crippen molar-refractivity contribution in [1.29, 1.82) is 0 Å². The third kappa shape index (κ3) is 5.79. The van der Waals surface area contributed by atoms with Crippen molar-refractivity contribution in [2.75, 3.05) is 19.6 Å². The molecule has 3 aromatic rings. The summed E-state index contributed by atoms with van der Waals surface area (Å²) in [5.41, 5.74) is 2.25. The van der Waals surface area contributed by atoms with Crippen LogP contribution in [0.1, 0.15) is 51.5 Å². The Morgan fingerprint density at radius 2 is 1.56 bits per heavy atom. The summed E-state index contributed by atoms with van der Waals surface area (Å²) in [6.45, 7) is -0.0303. The highest BCUT2D eigenvalue weighted by atomic mass is 19.4. The van der Waals surface area contributed by atoms with E-state index in [1.54, 1.807) is 6.07 Å². The largest absolute Gasteiger partial charge is 0.405 e. The summed E-state index contributed by atoms with van der Waals surface area (Å²) in [4.78, 5) is 41.3. The highest BCUT2D eigenvalue weighted by Gasteiger charge is 2.48. The van der Waals surface area contributed by atoms with Gasteiger partial charge < -0.3 is 4.90 Å². The first-order valence-electron chi connectivity index (χ1n) is 14.2. The smallest absolute Gasteiger partial charge is 0.322 e. The van der Waals surface area contributed by atoms with Crippen molar-refractivity contribution in [3.8, 4) is 0 Å². The van der Waals surface area contributed by atoms with E-state index in [9.17, 15) is 27.6 Å². The van der Waals surface area contributed by atoms with Gasteiger partial charge in [-0.1, -0.05) is 66.7 Å². The molecular weight excluding hydrogens is 564 g/mol. The topological polar surface area (TPSA) is 73.0 Å². The summed E-state index contributed by atoms with van der Waals surface area (Å²) < 4.78 is 58.9. The van der Waals surface area contributed by atoms with Gasteiger partial charge in [-0.25, -0.2) is 4.39 Å². The van der Waals surface area contributed by atoms with Gasteiger partial charge in [0.2, 0.25) is 11.8 Å². The number of hydrogen-bond donors (Lipinski definition) is 1. The summed E-state index contributed by atoms with van der Waals surface area (Å²) >= 11 is 0. The van der Waals surface area contributed by atoms with E-state index < -0.39 is 41.8 Å². The highest BCUT2D eigenvalue weighted by molar-refractivity contribution is 6.05. The van der Waals surface area contributed by atoms with Crippen LogP contribution in [0.4, 0.5) is 17.6 Å². The molecule has 224 valence electrons. The van der Waals surface area contributed by atoms with Gasteiger partial charge in [0.15, 0.2) is 0 Å². The van der Waals surface area contributed by atoms with Crippen LogP contribution in [0.15, 0.2) is 72.8 Å². The molecule has 3 aromatic carbocycles. The quantitative estimate of drug-likeness (QED) is 0.338. The molecule has 3 amide bonds. The SMILES string of the molecule is O=C1CCC(N2Cc3cc(CN4CCN(C(c5ccccc5)c5ccccc5)CC4C(F)(F)F)cc(F)c3C2=O)C(=O)N1. The lowest BCUT2D eigenvalue weighted by Gasteiger charge is -2.45. The van der Waals surface area contributed by atoms with Gasteiger partial charge in [-0.2, -0.15) is 13.2 Å². The molecule has 11 heteroatoms. The predicted molar refractivity (Wildman–Crippen MR) is 149 cm³/mol. The number of amides is 3. The minimum atomic E-state index is -4.54. The normalized spacial score (nSPS) is 21.8. The minimum Gasteiger partial charge on any atom is -0.322 e. The van der Waals surface area contributed by atoms with Gasteiger partial charge >= 0.3 is 6.18 Å². The summed E-state index contributed by atoms with van der Waals surface area (Å²) in [5, 5.41) is 2.20. The number of imide groups is 1. The van der Waals surface area contributed by atoms with Crippen molar-refractivity contribution < 1.29 is 31.9 Å². The molecular formula is C32H30F4N4O3. The van der Waals surface area contributed by atoms with Crippen LogP contribution >= 0.6 is 0 Å². The maximum absolute atomic E-state index is 15.3. The number of halogens is 4. The molecule has 3 aliphatic rings. The molecule has 6 rings (SSSR count). The number of rotatable bonds is 6. The average Bonchev–Trinajstić information content (AvgIpc) is 3.30. The van der Waals surface area contributed by atoms with E-state index in [-0.39, 0.29) is 50.6 Å². The Morgan fingerprint density at radius 1 is 0.907 bits per heavy atom. The van der Waals surface area contributed by atoms with E-state index in [4.69, 9.17) is 0 Å². The molecule has 2 unspecified atom stereocenters. The second-order valence-corrected chi connectivity index (χ2v) is 11.3. The molecule has 0 spiro atoms. The van der Waals surface area contributed by atoms with Crippen LogP contribution in [0.25, 0.3) is 0 Å². The number of piperazine rings is 1. The number of benzene rings is 3. The summed E-state index contributed by atoms with van der Waals surface area (Å²) in [6, 6.07) is 18.5. The molecule has 0 bridgehead atoms. The zero-order valence-electron chi connectivity index (χ0n) is 23.2. The molecule has 43 heavy (non-hydrogen) atoms. The number of hydrogen-bond acceptors (Lipinski definition) is 5. The number of nitrogens with zero attached hydrogens (tertiary/aromatic N) is 3. The molecule has 0 saturated carbocycles. The Bertz CT molecular complexity index is 1490. The lowest BCUT2D eigenvalue weighted by atomic mass is 9.95. The fraction of sp³-hybridized carbons (Fsp3) is 0.344. The molecule has 0 aromatic heterocycles. The van der Waals surface area contributed by atoms with Crippen LogP contribution in [0, 0.1) is 5.82 Å². The minimum absolute atomic E-state index is 0.0580. The maximum Gasteiger partial charge on any atom is 0.405 e. The number of alkyl halides is 3. The van der Waals surface area contributed by atoms with Crippen LogP contribution in [-0.4, -0.2) is 70.3 Å². The van der Waals surface area contributed by atoms with Crippen molar-refractivity contribution in [3.05, 3.63) is 106 Å². The van der Waals surface area contributed by atoms with Crippen LogP contribution in [0.3, 0.4) is 0 Å². The third-order valence-electron chi connectivity index (χ3n) is 8.52. The zero-order valence-corrected chi connectivity index (χ0v) is 23.2. The molecule has 7 nitrogen and oxygen atoms in total. The zero-order chi connectivity index (χ0) is 30.3. The van der Waals surface area contributed by atoms with E-state index in [0.29, 0.717) is 17.7 Å². The molecule has 3 aliphatic heterocycles. The maximum atomic E-state index is 15.3. The van der Waals surface area contributed by atoms with Crippen LogP contribution in [0.2, 0.25) is 0 Å². The number of carbonyl (C=O) groups excluding carboxylic acids is 3. The lowest BCUT2D eigenvalue weighted by molar-refractivity contribution is -0.200. The Hall–Kier alpha value is -4.09. The van der Waals surface area contributed by atoms with E-state index in [2.05, 4.69) is 5.32 Å². The van der Waals surface area contributed by atoms with Crippen molar-refractivity contribution in [2.24, 2.45) is 0 Å². The summed E-state index contributed by atoms with van der Waals surface area (Å²) in [6.07, 6.45) is -4.35. The van der Waals surface area contributed by atoms with Crippen molar-refractivity contribution >= 4 is 17.7 Å². The van der Waals surface area contributed by atoms with E-state index in [0.717, 1.165) is 17.2 Å². The number of carbonyl (C=O) groups is 3. The van der Waals surface area contributed by atoms with Gasteiger partial charge in [0.05, 0.1) is 11.6 Å². The Kier molecular flexibility index (Phi) is 7.78. The highest BCUT2D eigenvalue weighted by Crippen LogP contribution is 2.36. The molecule has 1 N–H and O–H groups in total. The van der Waals surface area contributed by atoms with Crippen molar-refractivity contribution in [1.82, 2.24) is 20.0 Å². The standard InChI is InChI=1S/C32H30F4N4O3/c33-24-16-20(15-23-18-40(31(43)28(23)24)25-11-12-27(41)37-30(25)42)17-38-13-14-39(19-26(38)32(34,35)36)29(21-7-3-1-4-8-21)22-9-5-2-6-10-22/h1-10,15-16,25-26,29H,11-14,17-19H2,(H,37,41,42). The van der Waals surface area contributed by atoms with Gasteiger partial charge in [0.25, 0.3) is 5.91 Å². The predicted octanol–water partition coefficient (Wildman–Crippen LogP) is 4.42. The molecule has 2 saturated heterocycles. The molecule has 2 atom stereocenters. The van der Waals surface area contributed by atoms with E-state index in [1.807, 2.05) is 65.6 Å². The molecule has 2 fully saturated rings. The first kappa shape index (κ1) is 29.0. The van der Waals surface area contributed by atoms with Crippen LogP contribution in [0.5, 0.6) is 0 Å². The van der Waals surface area contributed by atoms with Crippen LogP contribution in [-0.2, 0) is 22.7 Å². The number of nitrogens with one attached hydrogen (secondary N) is 1. The second kappa shape index (κ2) is 11.5. The Labute approximate surface area is 246 Å². The van der Waals surface area contributed by atoms with Crippen molar-refractivity contribution in [3.63, 3.8) is 0 Å². The number of piperidine rings is 1. The van der Waals surface area contributed by atoms with Crippen molar-refractivity contribution in [2.45, 2.75) is 50.2 Å². The fourth-order valence-corrected chi connectivity index (χ4v) is 6.51. The summed E-state index contributed by atoms with van der Waals surface area (Å²) in [5.74, 6) is -2.55. The molecule has 3 heterocycles. The first-order valence-corrected chi connectivity index (χ1v) is 14.2. The van der Waals surface area contributed by atoms with Crippen LogP contribution < -0.4 is 5.32 Å². The third-order valence-corrected chi connectivity index (χ3v) is 8.52. The monoisotopic (exact) mass is 594 g/mol. The lowest BCUT2D eigenvalue weighted by Crippen LogP contribution is -2.59. The summed E-state index contributed by atoms with van der Waals surface area (Å²) in [7, 11) is 0. The van der Waals surface area contributed by atoms with Gasteiger partial charge in [-0.3, -0.25) is 29.5 Å². The van der Waals surface area contributed by atoms with E-state index >= 15 is 4.39 Å². The first-order chi connectivity index (χ1) is 20.6. The van der Waals surface area contributed by atoms with Gasteiger partial charge in [0, 0.05) is 39.1 Å². The Morgan fingerprint density at radius 3 is 2.16 bits per heavy atom. The Balaban J connectivity index is 1.23.